The van der Waals surface area contributed by atoms with Crippen LogP contribution in [0.5, 0.6) is 0 Å². The summed E-state index contributed by atoms with van der Waals surface area (Å²) in [5.74, 6) is -0.287. The zero-order valence-corrected chi connectivity index (χ0v) is 18.1. The highest BCUT2D eigenvalue weighted by Crippen LogP contribution is 2.38. The first-order valence-corrected chi connectivity index (χ1v) is 11.0. The molecule has 4 heteroatoms. The van der Waals surface area contributed by atoms with Crippen molar-refractivity contribution >= 4 is 23.1 Å². The minimum Gasteiger partial charge on any atom is -0.337 e. The summed E-state index contributed by atoms with van der Waals surface area (Å²) >= 11 is 0. The lowest BCUT2D eigenvalue weighted by atomic mass is 9.94. The molecule has 0 radical (unpaired) electrons. The highest BCUT2D eigenvalue weighted by molar-refractivity contribution is 6.37. The Morgan fingerprint density at radius 1 is 0.900 bits per heavy atom. The molecule has 2 amide bonds. The van der Waals surface area contributed by atoms with Crippen LogP contribution in [0, 0.1) is 13.8 Å². The molecule has 0 aromatic heterocycles. The molecule has 0 N–H and O–H groups in total. The highest BCUT2D eigenvalue weighted by Gasteiger charge is 2.45. The summed E-state index contributed by atoms with van der Waals surface area (Å²) in [4.78, 5) is 31.0. The molecule has 1 aliphatic carbocycles. The van der Waals surface area contributed by atoms with E-state index in [-0.39, 0.29) is 17.9 Å². The van der Waals surface area contributed by atoms with Gasteiger partial charge < -0.3 is 4.90 Å². The fraction of sp³-hybridized carbons (Fsp3) is 0.385. The summed E-state index contributed by atoms with van der Waals surface area (Å²) in [7, 11) is 0. The average molecular weight is 403 g/mol. The number of likely N-dealkylation sites (N-methyl/N-ethyl adjacent to an activating group) is 1. The van der Waals surface area contributed by atoms with Gasteiger partial charge in [-0.25, -0.2) is 0 Å². The van der Waals surface area contributed by atoms with E-state index in [0.29, 0.717) is 17.8 Å². The second-order valence-corrected chi connectivity index (χ2v) is 8.37. The molecule has 0 spiro atoms. The van der Waals surface area contributed by atoms with Crippen LogP contribution < -0.4 is 4.90 Å². The predicted octanol–water partition coefficient (Wildman–Crippen LogP) is 5.24. The van der Waals surface area contributed by atoms with Crippen LogP contribution in [0.15, 0.2) is 54.2 Å². The van der Waals surface area contributed by atoms with E-state index in [1.165, 1.54) is 12.0 Å². The molecule has 0 unspecified atom stereocenters. The van der Waals surface area contributed by atoms with E-state index in [0.717, 1.165) is 42.5 Å². The quantitative estimate of drug-likeness (QED) is 0.642. The summed E-state index contributed by atoms with van der Waals surface area (Å²) in [5.41, 5.74) is 5.12. The van der Waals surface area contributed by atoms with Gasteiger partial charge in [0.2, 0.25) is 0 Å². The molecule has 4 nitrogen and oxygen atoms in total. The summed E-state index contributed by atoms with van der Waals surface area (Å²) in [6.07, 6.45) is 5.14. The second-order valence-electron chi connectivity index (χ2n) is 8.37. The van der Waals surface area contributed by atoms with E-state index in [1.54, 1.807) is 4.90 Å². The topological polar surface area (TPSA) is 40.6 Å². The Morgan fingerprint density at radius 3 is 2.23 bits per heavy atom. The molecular formula is C26H30N2O2. The van der Waals surface area contributed by atoms with Crippen LogP contribution in [-0.4, -0.2) is 29.3 Å². The van der Waals surface area contributed by atoms with Crippen LogP contribution in [0.4, 0.5) is 5.69 Å². The molecule has 2 aliphatic rings. The lowest BCUT2D eigenvalue weighted by molar-refractivity contribution is -0.140. The monoisotopic (exact) mass is 402 g/mol. The average Bonchev–Trinajstić information content (AvgIpc) is 3.02. The first-order valence-electron chi connectivity index (χ1n) is 11.0. The van der Waals surface area contributed by atoms with E-state index < -0.39 is 0 Å². The molecule has 2 aromatic carbocycles. The Hall–Kier alpha value is -2.88. The summed E-state index contributed by atoms with van der Waals surface area (Å²) in [5, 5.41) is 0. The standard InChI is InChI=1S/C26H30N2O2/c1-4-27(21-11-7-5-8-12-21)24-23(20-16-15-18(2)19(3)17-20)25(29)28(26(24)30)22-13-9-6-10-14-22/h5,7-8,11-12,15-17,22H,4,6,9-10,13-14H2,1-3H3. The minimum absolute atomic E-state index is 0.00674. The van der Waals surface area contributed by atoms with Gasteiger partial charge in [0.05, 0.1) is 5.57 Å². The number of rotatable bonds is 5. The van der Waals surface area contributed by atoms with Crippen LogP contribution >= 0.6 is 0 Å². The SMILES string of the molecule is CCN(C1=C(c2ccc(C)c(C)c2)C(=O)N(C2CCCCC2)C1=O)c1ccccc1. The zero-order chi connectivity index (χ0) is 21.3. The Labute approximate surface area is 179 Å². The van der Waals surface area contributed by atoms with Crippen molar-refractivity contribution in [2.45, 2.75) is 58.9 Å². The van der Waals surface area contributed by atoms with Crippen LogP contribution in [0.2, 0.25) is 0 Å². The van der Waals surface area contributed by atoms with Gasteiger partial charge in [-0.15, -0.1) is 0 Å². The third-order valence-corrected chi connectivity index (χ3v) is 6.48. The number of para-hydroxylation sites is 1. The van der Waals surface area contributed by atoms with Crippen molar-refractivity contribution in [3.05, 3.63) is 70.9 Å². The first kappa shape index (κ1) is 20.4. The van der Waals surface area contributed by atoms with E-state index in [2.05, 4.69) is 6.92 Å². The molecule has 1 fully saturated rings. The lowest BCUT2D eigenvalue weighted by Crippen LogP contribution is -2.43. The van der Waals surface area contributed by atoms with Gasteiger partial charge in [-0.2, -0.15) is 0 Å². The molecule has 1 aliphatic heterocycles. The predicted molar refractivity (Wildman–Crippen MR) is 121 cm³/mol. The van der Waals surface area contributed by atoms with Crippen molar-refractivity contribution in [1.29, 1.82) is 0 Å². The van der Waals surface area contributed by atoms with Gasteiger partial charge in [0.15, 0.2) is 0 Å². The van der Waals surface area contributed by atoms with Gasteiger partial charge in [-0.1, -0.05) is 55.7 Å². The fourth-order valence-corrected chi connectivity index (χ4v) is 4.69. The number of hydrogen-bond acceptors (Lipinski definition) is 3. The van der Waals surface area contributed by atoms with Crippen molar-refractivity contribution in [2.24, 2.45) is 0 Å². The maximum atomic E-state index is 13.7. The third kappa shape index (κ3) is 3.55. The van der Waals surface area contributed by atoms with Gasteiger partial charge in [-0.05, 0) is 62.4 Å². The van der Waals surface area contributed by atoms with Crippen molar-refractivity contribution in [3.8, 4) is 0 Å². The Bertz CT molecular complexity index is 987. The van der Waals surface area contributed by atoms with Gasteiger partial charge in [0.1, 0.15) is 5.70 Å². The van der Waals surface area contributed by atoms with Gasteiger partial charge in [0.25, 0.3) is 11.8 Å². The largest absolute Gasteiger partial charge is 0.337 e. The Kier molecular flexibility index (Phi) is 5.76. The second kappa shape index (κ2) is 8.47. The van der Waals surface area contributed by atoms with E-state index in [9.17, 15) is 9.59 Å². The highest BCUT2D eigenvalue weighted by atomic mass is 16.2. The molecule has 4 rings (SSSR count). The van der Waals surface area contributed by atoms with Gasteiger partial charge in [0, 0.05) is 18.3 Å². The van der Waals surface area contributed by atoms with E-state index >= 15 is 0 Å². The Balaban J connectivity index is 1.86. The smallest absolute Gasteiger partial charge is 0.278 e. The maximum absolute atomic E-state index is 13.7. The van der Waals surface area contributed by atoms with Gasteiger partial charge in [-0.3, -0.25) is 14.5 Å². The number of nitrogens with zero attached hydrogens (tertiary/aromatic N) is 2. The van der Waals surface area contributed by atoms with Crippen LogP contribution in [0.1, 0.15) is 55.7 Å². The number of benzene rings is 2. The molecule has 156 valence electrons. The number of anilines is 1. The molecule has 30 heavy (non-hydrogen) atoms. The van der Waals surface area contributed by atoms with Crippen molar-refractivity contribution in [1.82, 2.24) is 4.90 Å². The molecule has 1 saturated carbocycles. The summed E-state index contributed by atoms with van der Waals surface area (Å²) < 4.78 is 0. The van der Waals surface area contributed by atoms with Crippen LogP contribution in [0.3, 0.4) is 0 Å². The number of amides is 2. The molecule has 0 bridgehead atoms. The molecular weight excluding hydrogens is 372 g/mol. The maximum Gasteiger partial charge on any atom is 0.278 e. The number of hydrogen-bond donors (Lipinski definition) is 0. The number of imide groups is 1. The van der Waals surface area contributed by atoms with Crippen LogP contribution in [-0.2, 0) is 9.59 Å². The summed E-state index contributed by atoms with van der Waals surface area (Å²) in [6, 6.07) is 16.0. The Morgan fingerprint density at radius 2 is 1.60 bits per heavy atom. The van der Waals surface area contributed by atoms with E-state index in [4.69, 9.17) is 0 Å². The number of carbonyl (C=O) groups excluding carboxylic acids is 2. The molecule has 0 saturated heterocycles. The number of carbonyl (C=O) groups is 2. The van der Waals surface area contributed by atoms with Crippen molar-refractivity contribution in [2.75, 3.05) is 11.4 Å². The molecule has 2 aromatic rings. The lowest BCUT2D eigenvalue weighted by Gasteiger charge is -2.31. The molecule has 0 atom stereocenters. The van der Waals surface area contributed by atoms with Crippen LogP contribution in [0.25, 0.3) is 5.57 Å². The normalized spacial score (nSPS) is 17.8. The van der Waals surface area contributed by atoms with Crippen molar-refractivity contribution in [3.63, 3.8) is 0 Å². The zero-order valence-electron chi connectivity index (χ0n) is 18.1. The number of aryl methyl sites for hydroxylation is 2. The fourth-order valence-electron chi connectivity index (χ4n) is 4.69. The third-order valence-electron chi connectivity index (χ3n) is 6.48. The van der Waals surface area contributed by atoms with Gasteiger partial charge >= 0.3 is 0 Å². The molecule has 1 heterocycles. The minimum atomic E-state index is -0.147. The van der Waals surface area contributed by atoms with E-state index in [1.807, 2.05) is 67.3 Å². The first-order chi connectivity index (χ1) is 14.5. The summed E-state index contributed by atoms with van der Waals surface area (Å²) in [6.45, 7) is 6.75. The van der Waals surface area contributed by atoms with Crippen molar-refractivity contribution < 1.29 is 9.59 Å².